The second kappa shape index (κ2) is 5.68. The van der Waals surface area contributed by atoms with Crippen molar-refractivity contribution in [3.63, 3.8) is 0 Å². The summed E-state index contributed by atoms with van der Waals surface area (Å²) in [5.41, 5.74) is 1.08. The molecule has 2 heterocycles. The summed E-state index contributed by atoms with van der Waals surface area (Å²) >= 11 is 0. The Morgan fingerprint density at radius 3 is 2.71 bits per heavy atom. The summed E-state index contributed by atoms with van der Waals surface area (Å²) in [7, 11) is 0. The lowest BCUT2D eigenvalue weighted by Crippen LogP contribution is -2.35. The zero-order valence-electron chi connectivity index (χ0n) is 11.7. The van der Waals surface area contributed by atoms with E-state index in [4.69, 9.17) is 4.74 Å². The van der Waals surface area contributed by atoms with Crippen molar-refractivity contribution in [1.29, 1.82) is 0 Å². The van der Waals surface area contributed by atoms with Crippen LogP contribution in [0.4, 0.5) is 0 Å². The molecule has 2 aliphatic heterocycles. The average Bonchev–Trinajstić information content (AvgIpc) is 3.01. The minimum atomic E-state index is -0.796. The van der Waals surface area contributed by atoms with Crippen LogP contribution in [0, 0.1) is 5.92 Å². The SMILES string of the molecule is O=C(OCCc1ccccc1)C1CC2CCC(=O)N2C1=O. The van der Waals surface area contributed by atoms with Gasteiger partial charge >= 0.3 is 5.97 Å². The molecule has 0 aromatic heterocycles. The molecule has 2 saturated heterocycles. The van der Waals surface area contributed by atoms with Crippen LogP contribution in [0.15, 0.2) is 30.3 Å². The van der Waals surface area contributed by atoms with Crippen molar-refractivity contribution in [2.24, 2.45) is 5.92 Å². The fourth-order valence-corrected chi connectivity index (χ4v) is 3.02. The molecule has 5 nitrogen and oxygen atoms in total. The van der Waals surface area contributed by atoms with Gasteiger partial charge in [0.2, 0.25) is 11.8 Å². The Kier molecular flexibility index (Phi) is 3.73. The van der Waals surface area contributed by atoms with Gasteiger partial charge < -0.3 is 4.74 Å². The fraction of sp³-hybridized carbons (Fsp3) is 0.438. The van der Waals surface area contributed by atoms with Crippen molar-refractivity contribution < 1.29 is 19.1 Å². The molecule has 110 valence electrons. The highest BCUT2D eigenvalue weighted by Gasteiger charge is 2.49. The molecule has 1 aromatic rings. The highest BCUT2D eigenvalue weighted by Crippen LogP contribution is 2.34. The number of hydrogen-bond donors (Lipinski definition) is 0. The van der Waals surface area contributed by atoms with E-state index in [1.54, 1.807) is 0 Å². The predicted molar refractivity (Wildman–Crippen MR) is 74.1 cm³/mol. The third kappa shape index (κ3) is 2.68. The number of imide groups is 1. The van der Waals surface area contributed by atoms with Crippen LogP contribution in [0.1, 0.15) is 24.8 Å². The maximum Gasteiger partial charge on any atom is 0.318 e. The number of fused-ring (bicyclic) bond motifs is 1. The third-order valence-corrected chi connectivity index (χ3v) is 4.13. The second-order valence-electron chi connectivity index (χ2n) is 5.49. The molecule has 0 aliphatic carbocycles. The number of rotatable bonds is 4. The number of nitrogens with zero attached hydrogens (tertiary/aromatic N) is 1. The van der Waals surface area contributed by atoms with E-state index in [9.17, 15) is 14.4 Å². The van der Waals surface area contributed by atoms with Crippen molar-refractivity contribution in [2.45, 2.75) is 31.7 Å². The number of ether oxygens (including phenoxy) is 1. The van der Waals surface area contributed by atoms with Crippen LogP contribution in [0.2, 0.25) is 0 Å². The molecule has 0 N–H and O–H groups in total. The van der Waals surface area contributed by atoms with E-state index in [0.717, 1.165) is 5.56 Å². The zero-order chi connectivity index (χ0) is 14.8. The van der Waals surface area contributed by atoms with Crippen LogP contribution in [0.5, 0.6) is 0 Å². The average molecular weight is 287 g/mol. The van der Waals surface area contributed by atoms with E-state index in [0.29, 0.717) is 25.7 Å². The minimum absolute atomic E-state index is 0.100. The molecule has 2 fully saturated rings. The molecule has 0 bridgehead atoms. The molecule has 3 rings (SSSR count). The number of carbonyl (C=O) groups excluding carboxylic acids is 3. The lowest BCUT2D eigenvalue weighted by atomic mass is 10.0. The van der Waals surface area contributed by atoms with Gasteiger partial charge in [-0.05, 0) is 18.4 Å². The molecule has 21 heavy (non-hydrogen) atoms. The summed E-state index contributed by atoms with van der Waals surface area (Å²) in [5, 5.41) is 0. The van der Waals surface area contributed by atoms with E-state index in [1.165, 1.54) is 4.90 Å². The largest absolute Gasteiger partial charge is 0.465 e. The Hall–Kier alpha value is -2.17. The van der Waals surface area contributed by atoms with Gasteiger partial charge in [0.15, 0.2) is 0 Å². The van der Waals surface area contributed by atoms with Crippen molar-refractivity contribution in [2.75, 3.05) is 6.61 Å². The van der Waals surface area contributed by atoms with Crippen molar-refractivity contribution in [3.05, 3.63) is 35.9 Å². The van der Waals surface area contributed by atoms with Gasteiger partial charge in [-0.3, -0.25) is 19.3 Å². The molecule has 2 atom stereocenters. The summed E-state index contributed by atoms with van der Waals surface area (Å²) in [5.74, 6) is -1.84. The van der Waals surface area contributed by atoms with E-state index in [-0.39, 0.29) is 24.5 Å². The molecular formula is C16H17NO4. The van der Waals surface area contributed by atoms with Crippen LogP contribution in [0.3, 0.4) is 0 Å². The maximum atomic E-state index is 12.1. The molecule has 5 heteroatoms. The third-order valence-electron chi connectivity index (χ3n) is 4.13. The predicted octanol–water partition coefficient (Wildman–Crippen LogP) is 1.31. The van der Waals surface area contributed by atoms with Gasteiger partial charge in [0.1, 0.15) is 5.92 Å². The monoisotopic (exact) mass is 287 g/mol. The lowest BCUT2D eigenvalue weighted by Gasteiger charge is -2.12. The normalized spacial score (nSPS) is 24.3. The first kappa shape index (κ1) is 13.8. The smallest absolute Gasteiger partial charge is 0.318 e. The summed E-state index contributed by atoms with van der Waals surface area (Å²) < 4.78 is 5.20. The fourth-order valence-electron chi connectivity index (χ4n) is 3.02. The maximum absolute atomic E-state index is 12.1. The van der Waals surface area contributed by atoms with Gasteiger partial charge in [-0.15, -0.1) is 0 Å². The molecule has 2 amide bonds. The van der Waals surface area contributed by atoms with Gasteiger partial charge in [-0.2, -0.15) is 0 Å². The molecule has 0 saturated carbocycles. The van der Waals surface area contributed by atoms with Crippen LogP contribution in [0.25, 0.3) is 0 Å². The van der Waals surface area contributed by atoms with Gasteiger partial charge in [0.25, 0.3) is 0 Å². The van der Waals surface area contributed by atoms with Crippen LogP contribution in [-0.2, 0) is 25.5 Å². The minimum Gasteiger partial charge on any atom is -0.465 e. The summed E-state index contributed by atoms with van der Waals surface area (Å²) in [4.78, 5) is 36.9. The van der Waals surface area contributed by atoms with Gasteiger partial charge in [-0.1, -0.05) is 30.3 Å². The van der Waals surface area contributed by atoms with E-state index >= 15 is 0 Å². The Morgan fingerprint density at radius 1 is 1.24 bits per heavy atom. The molecule has 0 spiro atoms. The van der Waals surface area contributed by atoms with E-state index in [2.05, 4.69) is 0 Å². The first-order valence-corrected chi connectivity index (χ1v) is 7.23. The number of esters is 1. The Labute approximate surface area is 122 Å². The van der Waals surface area contributed by atoms with Gasteiger partial charge in [0.05, 0.1) is 6.61 Å². The van der Waals surface area contributed by atoms with Gasteiger partial charge in [-0.25, -0.2) is 0 Å². The van der Waals surface area contributed by atoms with E-state index in [1.807, 2.05) is 30.3 Å². The standard InChI is InChI=1S/C16H17NO4/c18-14-7-6-12-10-13(15(19)17(12)14)16(20)21-9-8-11-4-2-1-3-5-11/h1-5,12-13H,6-10H2. The van der Waals surface area contributed by atoms with Crippen LogP contribution < -0.4 is 0 Å². The van der Waals surface area contributed by atoms with Crippen LogP contribution >= 0.6 is 0 Å². The van der Waals surface area contributed by atoms with Crippen LogP contribution in [-0.4, -0.2) is 35.3 Å². The summed E-state index contributed by atoms with van der Waals surface area (Å²) in [6, 6.07) is 9.61. The summed E-state index contributed by atoms with van der Waals surface area (Å²) in [6.45, 7) is 0.255. The molecule has 2 aliphatic rings. The number of carbonyl (C=O) groups is 3. The quantitative estimate of drug-likeness (QED) is 0.476. The number of amides is 2. The lowest BCUT2D eigenvalue weighted by molar-refractivity contribution is -0.153. The summed E-state index contributed by atoms with van der Waals surface area (Å²) in [6.07, 6.45) is 2.11. The topological polar surface area (TPSA) is 63.7 Å². The second-order valence-corrected chi connectivity index (χ2v) is 5.49. The van der Waals surface area contributed by atoms with Crippen molar-refractivity contribution >= 4 is 17.8 Å². The highest BCUT2D eigenvalue weighted by molar-refractivity contribution is 6.08. The zero-order valence-corrected chi connectivity index (χ0v) is 11.7. The van der Waals surface area contributed by atoms with E-state index < -0.39 is 11.9 Å². The molecule has 0 radical (unpaired) electrons. The Bertz CT molecular complexity index is 569. The molecular weight excluding hydrogens is 270 g/mol. The first-order valence-electron chi connectivity index (χ1n) is 7.23. The van der Waals surface area contributed by atoms with Crippen molar-refractivity contribution in [1.82, 2.24) is 4.90 Å². The molecule has 2 unspecified atom stereocenters. The molecule has 1 aromatic carbocycles. The first-order chi connectivity index (χ1) is 10.2. The Morgan fingerprint density at radius 2 is 2.00 bits per heavy atom. The van der Waals surface area contributed by atoms with Crippen molar-refractivity contribution in [3.8, 4) is 0 Å². The number of benzene rings is 1. The highest BCUT2D eigenvalue weighted by atomic mass is 16.5. The Balaban J connectivity index is 1.52. The van der Waals surface area contributed by atoms with Gasteiger partial charge in [0, 0.05) is 18.9 Å². The number of hydrogen-bond acceptors (Lipinski definition) is 4.